The second-order valence-corrected chi connectivity index (χ2v) is 4.87. The molecule has 106 valence electrons. The first-order valence-corrected chi connectivity index (χ1v) is 6.74. The number of nitrogens with one attached hydrogen (secondary N) is 1. The third-order valence-corrected chi connectivity index (χ3v) is 3.22. The van der Waals surface area contributed by atoms with Crippen molar-refractivity contribution in [3.63, 3.8) is 0 Å². The van der Waals surface area contributed by atoms with Gasteiger partial charge in [-0.05, 0) is 42.7 Å². The zero-order chi connectivity index (χ0) is 15.2. The maximum atomic E-state index is 12.0. The maximum absolute atomic E-state index is 12.0. The van der Waals surface area contributed by atoms with Crippen LogP contribution in [0.4, 0.5) is 5.69 Å². The van der Waals surface area contributed by atoms with Crippen LogP contribution in [0.2, 0.25) is 0 Å². The van der Waals surface area contributed by atoms with E-state index in [1.54, 1.807) is 18.2 Å². The van der Waals surface area contributed by atoms with Crippen molar-refractivity contribution >= 4 is 11.6 Å². The molecule has 0 aliphatic rings. The van der Waals surface area contributed by atoms with Gasteiger partial charge in [0.2, 0.25) is 5.91 Å². The Bertz CT molecular complexity index is 699. The van der Waals surface area contributed by atoms with E-state index in [0.29, 0.717) is 18.5 Å². The summed E-state index contributed by atoms with van der Waals surface area (Å²) in [5.74, 6) is 2.53. The van der Waals surface area contributed by atoms with Crippen LogP contribution in [0.3, 0.4) is 0 Å². The number of aromatic hydroxyl groups is 1. The van der Waals surface area contributed by atoms with Crippen molar-refractivity contribution in [1.82, 2.24) is 0 Å². The monoisotopic (exact) mass is 279 g/mol. The third-order valence-electron chi connectivity index (χ3n) is 3.22. The predicted molar refractivity (Wildman–Crippen MR) is 84.2 cm³/mol. The summed E-state index contributed by atoms with van der Waals surface area (Å²) in [4.78, 5) is 12.0. The molecule has 2 aromatic carbocycles. The quantitative estimate of drug-likeness (QED) is 0.666. The predicted octanol–water partition coefficient (Wildman–Crippen LogP) is 3.25. The lowest BCUT2D eigenvalue weighted by Crippen LogP contribution is -2.12. The van der Waals surface area contributed by atoms with Crippen LogP contribution in [0, 0.1) is 19.3 Å². The van der Waals surface area contributed by atoms with Crippen LogP contribution in [0.5, 0.6) is 5.75 Å². The summed E-state index contributed by atoms with van der Waals surface area (Å²) in [6, 6.07) is 12.7. The van der Waals surface area contributed by atoms with E-state index in [0.717, 1.165) is 16.7 Å². The van der Waals surface area contributed by atoms with Crippen LogP contribution < -0.4 is 5.32 Å². The van der Waals surface area contributed by atoms with E-state index in [1.165, 1.54) is 0 Å². The van der Waals surface area contributed by atoms with Crippen molar-refractivity contribution in [3.8, 4) is 18.1 Å². The Hall–Kier alpha value is -2.73. The number of phenols is 1. The van der Waals surface area contributed by atoms with Gasteiger partial charge in [0.25, 0.3) is 0 Å². The second-order valence-electron chi connectivity index (χ2n) is 4.87. The lowest BCUT2D eigenvalue weighted by molar-refractivity contribution is -0.116. The van der Waals surface area contributed by atoms with Crippen LogP contribution in [0.1, 0.15) is 23.1 Å². The number of benzene rings is 2. The fourth-order valence-electron chi connectivity index (χ4n) is 2.09. The highest BCUT2D eigenvalue weighted by Gasteiger charge is 2.08. The topological polar surface area (TPSA) is 49.3 Å². The number of anilines is 1. The zero-order valence-corrected chi connectivity index (χ0v) is 11.9. The highest BCUT2D eigenvalue weighted by molar-refractivity contribution is 5.92. The van der Waals surface area contributed by atoms with Crippen molar-refractivity contribution in [2.75, 3.05) is 5.32 Å². The van der Waals surface area contributed by atoms with E-state index in [9.17, 15) is 9.90 Å². The van der Waals surface area contributed by atoms with Gasteiger partial charge in [-0.2, -0.15) is 0 Å². The Labute approximate surface area is 124 Å². The minimum Gasteiger partial charge on any atom is -0.506 e. The smallest absolute Gasteiger partial charge is 0.224 e. The fourth-order valence-corrected chi connectivity index (χ4v) is 2.09. The third kappa shape index (κ3) is 3.87. The highest BCUT2D eigenvalue weighted by atomic mass is 16.3. The van der Waals surface area contributed by atoms with E-state index in [-0.39, 0.29) is 11.7 Å². The molecule has 0 heterocycles. The Balaban J connectivity index is 2.00. The molecule has 0 saturated heterocycles. The molecule has 0 bridgehead atoms. The number of carbonyl (C=O) groups is 1. The Kier molecular flexibility index (Phi) is 4.63. The van der Waals surface area contributed by atoms with Crippen LogP contribution in [-0.2, 0) is 11.2 Å². The number of terminal acetylenes is 1. The molecule has 0 aliphatic carbocycles. The largest absolute Gasteiger partial charge is 0.506 e. The lowest BCUT2D eigenvalue weighted by atomic mass is 10.0. The molecule has 0 atom stereocenters. The SMILES string of the molecule is C#Cc1ccccc1CCC(=O)Nc1cc(C)ccc1O. The van der Waals surface area contributed by atoms with E-state index < -0.39 is 0 Å². The van der Waals surface area contributed by atoms with Gasteiger partial charge in [0.15, 0.2) is 0 Å². The molecule has 0 aromatic heterocycles. The van der Waals surface area contributed by atoms with Crippen LogP contribution in [0.15, 0.2) is 42.5 Å². The van der Waals surface area contributed by atoms with Gasteiger partial charge in [0, 0.05) is 12.0 Å². The second kappa shape index (κ2) is 6.62. The summed E-state index contributed by atoms with van der Waals surface area (Å²) in [5.41, 5.74) is 3.19. The minimum atomic E-state index is -0.150. The number of hydrogen-bond acceptors (Lipinski definition) is 2. The normalized spacial score (nSPS) is 9.90. The molecule has 2 N–H and O–H groups in total. The molecule has 0 saturated carbocycles. The summed E-state index contributed by atoms with van der Waals surface area (Å²) >= 11 is 0. The molecule has 0 fully saturated rings. The molecule has 0 unspecified atom stereocenters. The summed E-state index contributed by atoms with van der Waals surface area (Å²) in [6.45, 7) is 1.90. The molecular formula is C18H17NO2. The molecule has 3 heteroatoms. The molecule has 0 spiro atoms. The average molecular weight is 279 g/mol. The van der Waals surface area contributed by atoms with Crippen molar-refractivity contribution in [3.05, 3.63) is 59.2 Å². The lowest BCUT2D eigenvalue weighted by Gasteiger charge is -2.09. The van der Waals surface area contributed by atoms with Crippen LogP contribution in [0.25, 0.3) is 0 Å². The first-order valence-electron chi connectivity index (χ1n) is 6.74. The number of rotatable bonds is 4. The van der Waals surface area contributed by atoms with Crippen LogP contribution in [-0.4, -0.2) is 11.0 Å². The van der Waals surface area contributed by atoms with Crippen LogP contribution >= 0.6 is 0 Å². The first-order chi connectivity index (χ1) is 10.1. The summed E-state index contributed by atoms with van der Waals surface area (Å²) in [7, 11) is 0. The molecule has 2 rings (SSSR count). The molecule has 0 radical (unpaired) electrons. The van der Waals surface area contributed by atoms with Gasteiger partial charge in [-0.3, -0.25) is 4.79 Å². The van der Waals surface area contributed by atoms with E-state index in [4.69, 9.17) is 6.42 Å². The summed E-state index contributed by atoms with van der Waals surface area (Å²) in [6.07, 6.45) is 6.31. The molecule has 1 amide bonds. The van der Waals surface area contributed by atoms with Gasteiger partial charge in [-0.15, -0.1) is 6.42 Å². The number of aryl methyl sites for hydroxylation is 2. The zero-order valence-electron chi connectivity index (χ0n) is 11.9. The molecule has 21 heavy (non-hydrogen) atoms. The molecular weight excluding hydrogens is 262 g/mol. The summed E-state index contributed by atoms with van der Waals surface area (Å²) < 4.78 is 0. The fraction of sp³-hybridized carbons (Fsp3) is 0.167. The first kappa shape index (κ1) is 14.7. The van der Waals surface area contributed by atoms with Gasteiger partial charge >= 0.3 is 0 Å². The molecule has 3 nitrogen and oxygen atoms in total. The highest BCUT2D eigenvalue weighted by Crippen LogP contribution is 2.24. The van der Waals surface area contributed by atoms with Gasteiger partial charge in [-0.1, -0.05) is 30.2 Å². The minimum absolute atomic E-state index is 0.0676. The van der Waals surface area contributed by atoms with Gasteiger partial charge in [-0.25, -0.2) is 0 Å². The van der Waals surface area contributed by atoms with Gasteiger partial charge in [0.05, 0.1) is 5.69 Å². The number of amides is 1. The average Bonchev–Trinajstić information content (AvgIpc) is 2.49. The Morgan fingerprint density at radius 2 is 2.05 bits per heavy atom. The van der Waals surface area contributed by atoms with Gasteiger partial charge in [0.1, 0.15) is 5.75 Å². The number of carbonyl (C=O) groups excluding carboxylic acids is 1. The standard InChI is InChI=1S/C18H17NO2/c1-3-14-6-4-5-7-15(14)9-11-18(21)19-16-12-13(2)8-10-17(16)20/h1,4-8,10,12,20H,9,11H2,2H3,(H,19,21). The Morgan fingerprint density at radius 1 is 1.29 bits per heavy atom. The van der Waals surface area contributed by atoms with Crippen molar-refractivity contribution in [2.24, 2.45) is 0 Å². The van der Waals surface area contributed by atoms with Gasteiger partial charge < -0.3 is 10.4 Å². The number of hydrogen-bond donors (Lipinski definition) is 2. The van der Waals surface area contributed by atoms with Crippen molar-refractivity contribution < 1.29 is 9.90 Å². The van der Waals surface area contributed by atoms with E-state index in [1.807, 2.05) is 31.2 Å². The van der Waals surface area contributed by atoms with Crippen molar-refractivity contribution in [2.45, 2.75) is 19.8 Å². The van der Waals surface area contributed by atoms with E-state index in [2.05, 4.69) is 11.2 Å². The number of phenolic OH excluding ortho intramolecular Hbond substituents is 1. The maximum Gasteiger partial charge on any atom is 0.224 e. The molecule has 0 aliphatic heterocycles. The van der Waals surface area contributed by atoms with E-state index >= 15 is 0 Å². The van der Waals surface area contributed by atoms with Crippen molar-refractivity contribution in [1.29, 1.82) is 0 Å². The summed E-state index contributed by atoms with van der Waals surface area (Å²) in [5, 5.41) is 12.4. The Morgan fingerprint density at radius 3 is 2.81 bits per heavy atom. The molecule has 2 aromatic rings.